The Labute approximate surface area is 298 Å². The fraction of sp³-hybridized carbons (Fsp3) is 0.778. The summed E-state index contributed by atoms with van der Waals surface area (Å²) in [6, 6.07) is 0. The number of esters is 2. The van der Waals surface area contributed by atoms with E-state index in [1.807, 2.05) is 0 Å². The van der Waals surface area contributed by atoms with E-state index in [2.05, 4.69) is 50.3 Å². The van der Waals surface area contributed by atoms with E-state index in [1.165, 1.54) is 0 Å². The van der Waals surface area contributed by atoms with Gasteiger partial charge in [-0.1, -0.05) is 102 Å². The molecule has 1 fully saturated rings. The highest BCUT2D eigenvalue weighted by atomic mass is 31.2. The smallest absolute Gasteiger partial charge is 0.462 e. The van der Waals surface area contributed by atoms with Gasteiger partial charge in [0.1, 0.15) is 43.2 Å². The minimum absolute atomic E-state index is 0.0771. The predicted molar refractivity (Wildman–Crippen MR) is 189 cm³/mol. The molecule has 0 aromatic heterocycles. The standard InChI is InChI=1S/C36H63O13P/c1-3-5-7-9-11-12-13-14-15-16-17-18-19-21-23-25-30(38)48-28(26-46-29(37)24-22-20-10-8-6-4-2)27-47-50(44,45)49-36-34(42)32(40)31(39)33(41)35(36)43/h5,7,11-12,14-15,28,31-36,39-43H,3-4,6,8-10,13,16-27H2,1-2H3,(H,44,45)/b7-5-,12-11-,15-14-. The zero-order chi connectivity index (χ0) is 37.2. The summed E-state index contributed by atoms with van der Waals surface area (Å²) in [4.78, 5) is 35.2. The van der Waals surface area contributed by atoms with E-state index in [0.717, 1.165) is 83.5 Å². The lowest BCUT2D eigenvalue weighted by Gasteiger charge is -2.41. The molecule has 14 heteroatoms. The van der Waals surface area contributed by atoms with Gasteiger partial charge in [0.2, 0.25) is 0 Å². The van der Waals surface area contributed by atoms with Gasteiger partial charge in [-0.15, -0.1) is 0 Å². The molecule has 0 aromatic carbocycles. The number of unbranched alkanes of at least 4 members (excludes halogenated alkanes) is 10. The summed E-state index contributed by atoms with van der Waals surface area (Å²) in [6.45, 7) is 3.04. The predicted octanol–water partition coefficient (Wildman–Crippen LogP) is 5.10. The van der Waals surface area contributed by atoms with Crippen molar-refractivity contribution in [3.05, 3.63) is 36.5 Å². The molecule has 290 valence electrons. The lowest BCUT2D eigenvalue weighted by molar-refractivity contribution is -0.220. The number of hydrogen-bond acceptors (Lipinski definition) is 12. The Kier molecular flexibility index (Phi) is 25.5. The van der Waals surface area contributed by atoms with E-state index in [9.17, 15) is 44.6 Å². The molecule has 0 bridgehead atoms. The van der Waals surface area contributed by atoms with Crippen molar-refractivity contribution in [3.63, 3.8) is 0 Å². The van der Waals surface area contributed by atoms with Crippen LogP contribution in [0.5, 0.6) is 0 Å². The first-order chi connectivity index (χ1) is 23.9. The second-order valence-corrected chi connectivity index (χ2v) is 14.1. The lowest BCUT2D eigenvalue weighted by Crippen LogP contribution is -2.64. The SMILES string of the molecule is CC/C=C\C/C=C\C/C=C\CCCCCCCC(=O)OC(COC(=O)CCCCCCCC)COP(=O)(O)OC1C(O)C(O)C(O)C(O)C1O. The molecule has 50 heavy (non-hydrogen) atoms. The third-order valence-corrected chi connectivity index (χ3v) is 9.23. The first-order valence-electron chi connectivity index (χ1n) is 18.3. The third kappa shape index (κ3) is 20.8. The Balaban J connectivity index is 2.54. The maximum absolute atomic E-state index is 12.7. The van der Waals surface area contributed by atoms with E-state index in [4.69, 9.17) is 18.5 Å². The van der Waals surface area contributed by atoms with Crippen molar-refractivity contribution >= 4 is 19.8 Å². The molecule has 6 N–H and O–H groups in total. The van der Waals surface area contributed by atoms with E-state index >= 15 is 0 Å². The molecule has 0 radical (unpaired) electrons. The van der Waals surface area contributed by atoms with Crippen LogP contribution in [-0.4, -0.2) is 98.3 Å². The van der Waals surface area contributed by atoms with E-state index in [-0.39, 0.29) is 12.8 Å². The van der Waals surface area contributed by atoms with Crippen LogP contribution in [0, 0.1) is 0 Å². The van der Waals surface area contributed by atoms with Gasteiger partial charge in [-0.25, -0.2) is 4.57 Å². The number of phosphoric acid groups is 1. The molecule has 0 spiro atoms. The topological polar surface area (TPSA) is 210 Å². The van der Waals surface area contributed by atoms with Gasteiger partial charge in [0.05, 0.1) is 6.61 Å². The van der Waals surface area contributed by atoms with Crippen molar-refractivity contribution in [3.8, 4) is 0 Å². The molecular weight excluding hydrogens is 671 g/mol. The van der Waals surface area contributed by atoms with Crippen LogP contribution in [0.25, 0.3) is 0 Å². The molecule has 0 aromatic rings. The number of aliphatic hydroxyl groups excluding tert-OH is 5. The Morgan fingerprint density at radius 3 is 1.74 bits per heavy atom. The van der Waals surface area contributed by atoms with Gasteiger partial charge in [-0.05, 0) is 44.9 Å². The van der Waals surface area contributed by atoms with Crippen LogP contribution < -0.4 is 0 Å². The molecule has 1 rings (SSSR count). The van der Waals surface area contributed by atoms with Gasteiger partial charge in [-0.2, -0.15) is 0 Å². The van der Waals surface area contributed by atoms with Crippen LogP contribution in [0.15, 0.2) is 36.5 Å². The van der Waals surface area contributed by atoms with Crippen LogP contribution in [0.4, 0.5) is 0 Å². The van der Waals surface area contributed by atoms with Gasteiger partial charge >= 0.3 is 19.8 Å². The van der Waals surface area contributed by atoms with Crippen LogP contribution in [-0.2, 0) is 32.7 Å². The highest BCUT2D eigenvalue weighted by molar-refractivity contribution is 7.47. The molecule has 13 nitrogen and oxygen atoms in total. The number of ether oxygens (including phenoxy) is 2. The Morgan fingerprint density at radius 2 is 1.14 bits per heavy atom. The van der Waals surface area contributed by atoms with Gasteiger partial charge in [0.25, 0.3) is 0 Å². The highest BCUT2D eigenvalue weighted by Crippen LogP contribution is 2.47. The van der Waals surface area contributed by atoms with Crippen molar-refractivity contribution < 1.29 is 63.1 Å². The molecule has 1 saturated carbocycles. The van der Waals surface area contributed by atoms with Crippen molar-refractivity contribution in [1.29, 1.82) is 0 Å². The minimum Gasteiger partial charge on any atom is -0.462 e. The van der Waals surface area contributed by atoms with Crippen LogP contribution >= 0.6 is 7.82 Å². The van der Waals surface area contributed by atoms with E-state index in [1.54, 1.807) is 0 Å². The Hall–Kier alpha value is -1.93. The quantitative estimate of drug-likeness (QED) is 0.0268. The van der Waals surface area contributed by atoms with Gasteiger partial charge in [-0.3, -0.25) is 18.6 Å². The molecular formula is C36H63O13P. The maximum atomic E-state index is 12.7. The number of phosphoric ester groups is 1. The zero-order valence-electron chi connectivity index (χ0n) is 29.9. The van der Waals surface area contributed by atoms with Gasteiger partial charge in [0, 0.05) is 12.8 Å². The fourth-order valence-corrected chi connectivity index (χ4v) is 6.21. The number of rotatable bonds is 28. The molecule has 0 aliphatic heterocycles. The van der Waals surface area contributed by atoms with Crippen molar-refractivity contribution in [2.75, 3.05) is 13.2 Å². The molecule has 1 aliphatic carbocycles. The van der Waals surface area contributed by atoms with Crippen molar-refractivity contribution in [2.45, 2.75) is 166 Å². The second-order valence-electron chi connectivity index (χ2n) is 12.7. The number of carbonyl (C=O) groups excluding carboxylic acids is 2. The fourth-order valence-electron chi connectivity index (χ4n) is 5.24. The van der Waals surface area contributed by atoms with E-state index in [0.29, 0.717) is 12.8 Å². The summed E-state index contributed by atoms with van der Waals surface area (Å²) in [5, 5.41) is 49.8. The van der Waals surface area contributed by atoms with Crippen LogP contribution in [0.3, 0.4) is 0 Å². The largest absolute Gasteiger partial charge is 0.472 e. The van der Waals surface area contributed by atoms with Crippen molar-refractivity contribution in [2.24, 2.45) is 0 Å². The molecule has 6 unspecified atom stereocenters. The van der Waals surface area contributed by atoms with Crippen molar-refractivity contribution in [1.82, 2.24) is 0 Å². The number of aliphatic hydroxyl groups is 5. The molecule has 6 atom stereocenters. The first kappa shape index (κ1) is 46.1. The lowest BCUT2D eigenvalue weighted by atomic mass is 9.85. The van der Waals surface area contributed by atoms with Gasteiger partial charge < -0.3 is 39.9 Å². The maximum Gasteiger partial charge on any atom is 0.472 e. The normalized spacial score (nSPS) is 24.6. The molecule has 1 aliphatic rings. The Morgan fingerprint density at radius 1 is 0.640 bits per heavy atom. The molecule has 0 saturated heterocycles. The highest BCUT2D eigenvalue weighted by Gasteiger charge is 2.51. The summed E-state index contributed by atoms with van der Waals surface area (Å²) >= 11 is 0. The summed E-state index contributed by atoms with van der Waals surface area (Å²) in [7, 11) is -5.10. The minimum atomic E-state index is -5.10. The number of carbonyl (C=O) groups is 2. The summed E-state index contributed by atoms with van der Waals surface area (Å²) < 4.78 is 33.1. The summed E-state index contributed by atoms with van der Waals surface area (Å²) in [6.07, 6.45) is 14.1. The zero-order valence-corrected chi connectivity index (χ0v) is 30.8. The average Bonchev–Trinajstić information content (AvgIpc) is 3.09. The first-order valence-corrected chi connectivity index (χ1v) is 19.8. The second kappa shape index (κ2) is 27.7. The molecule has 0 heterocycles. The number of allylic oxidation sites excluding steroid dienone is 6. The summed E-state index contributed by atoms with van der Waals surface area (Å²) in [5.74, 6) is -1.13. The summed E-state index contributed by atoms with van der Waals surface area (Å²) in [5.41, 5.74) is 0. The Bertz CT molecular complexity index is 1030. The third-order valence-electron chi connectivity index (χ3n) is 8.25. The monoisotopic (exact) mass is 734 g/mol. The number of hydrogen-bond donors (Lipinski definition) is 6. The van der Waals surface area contributed by atoms with E-state index < -0.39 is 75.7 Å². The van der Waals surface area contributed by atoms with Crippen LogP contribution in [0.1, 0.15) is 123 Å². The van der Waals surface area contributed by atoms with Gasteiger partial charge in [0.15, 0.2) is 6.10 Å². The average molecular weight is 735 g/mol. The van der Waals surface area contributed by atoms with Crippen LogP contribution in [0.2, 0.25) is 0 Å². The molecule has 0 amide bonds.